The Morgan fingerprint density at radius 3 is 2.55 bits per heavy atom. The number of carbonyl (C=O) groups excluding carboxylic acids is 1. The Hall–Kier alpha value is -1.57. The number of rotatable bonds is 2. The van der Waals surface area contributed by atoms with Gasteiger partial charge in [-0.05, 0) is 0 Å². The number of aliphatic hydroxyl groups excluding tert-OH is 1. The van der Waals surface area contributed by atoms with E-state index in [4.69, 9.17) is 5.11 Å². The molecule has 0 saturated carbocycles. The molecule has 0 amide bonds. The first-order valence-electron chi connectivity index (χ1n) is 3.17. The van der Waals surface area contributed by atoms with Crippen LogP contribution in [-0.2, 0) is 4.79 Å². The van der Waals surface area contributed by atoms with E-state index < -0.39 is 0 Å². The standard InChI is InChI=1S/C9H7O2/c10-7-6-9(11)8-4-2-1-3-5-8/h1-6,11H. The normalized spacial score (nSPS) is 11.1. The molecule has 1 rings (SSSR count). The van der Waals surface area contributed by atoms with Gasteiger partial charge in [0.05, 0.1) is 0 Å². The van der Waals surface area contributed by atoms with Crippen LogP contribution in [0.15, 0.2) is 36.4 Å². The Balaban J connectivity index is 2.94. The highest BCUT2D eigenvalue weighted by molar-refractivity contribution is 5.78. The van der Waals surface area contributed by atoms with Crippen molar-refractivity contribution in [2.24, 2.45) is 0 Å². The Morgan fingerprint density at radius 1 is 1.36 bits per heavy atom. The zero-order valence-electron chi connectivity index (χ0n) is 5.82. The van der Waals surface area contributed by atoms with Crippen LogP contribution in [0.5, 0.6) is 0 Å². The van der Waals surface area contributed by atoms with E-state index in [0.29, 0.717) is 5.56 Å². The Morgan fingerprint density at radius 2 is 2.00 bits per heavy atom. The van der Waals surface area contributed by atoms with Gasteiger partial charge >= 0.3 is 0 Å². The van der Waals surface area contributed by atoms with Gasteiger partial charge in [-0.2, -0.15) is 0 Å². The van der Waals surface area contributed by atoms with Gasteiger partial charge in [0.25, 0.3) is 0 Å². The molecule has 1 radical (unpaired) electrons. The Kier molecular flexibility index (Phi) is 2.44. The van der Waals surface area contributed by atoms with Crippen LogP contribution in [0.4, 0.5) is 0 Å². The molecule has 1 N–H and O–H groups in total. The van der Waals surface area contributed by atoms with Crippen LogP contribution in [0.3, 0.4) is 0 Å². The van der Waals surface area contributed by atoms with Crippen LogP contribution in [0.25, 0.3) is 5.76 Å². The minimum Gasteiger partial charge on any atom is -0.507 e. The first kappa shape index (κ1) is 7.54. The molecule has 0 aliphatic heterocycles. The summed E-state index contributed by atoms with van der Waals surface area (Å²) in [6.45, 7) is 0. The van der Waals surface area contributed by atoms with E-state index in [1.54, 1.807) is 24.3 Å². The van der Waals surface area contributed by atoms with E-state index in [1.807, 2.05) is 6.07 Å². The third kappa shape index (κ3) is 1.93. The summed E-state index contributed by atoms with van der Waals surface area (Å²) >= 11 is 0. The molecule has 0 fully saturated rings. The molecule has 55 valence electrons. The molecule has 0 unspecified atom stereocenters. The van der Waals surface area contributed by atoms with Gasteiger partial charge < -0.3 is 5.11 Å². The maximum atomic E-state index is 9.83. The molecule has 0 bridgehead atoms. The summed E-state index contributed by atoms with van der Waals surface area (Å²) in [4.78, 5) is 9.83. The van der Waals surface area contributed by atoms with Crippen molar-refractivity contribution in [1.29, 1.82) is 0 Å². The molecule has 0 atom stereocenters. The Bertz CT molecular complexity index is 262. The fraction of sp³-hybridized carbons (Fsp3) is 0. The van der Waals surface area contributed by atoms with Crippen molar-refractivity contribution in [3.8, 4) is 0 Å². The zero-order valence-corrected chi connectivity index (χ0v) is 5.82. The highest BCUT2D eigenvalue weighted by Gasteiger charge is 1.94. The average molecular weight is 147 g/mol. The molecule has 0 spiro atoms. The fourth-order valence-corrected chi connectivity index (χ4v) is 0.748. The van der Waals surface area contributed by atoms with Gasteiger partial charge in [0.15, 0.2) is 0 Å². The highest BCUT2D eigenvalue weighted by Crippen LogP contribution is 2.08. The molecule has 0 aromatic heterocycles. The summed E-state index contributed by atoms with van der Waals surface area (Å²) in [5.41, 5.74) is 0.621. The minimum absolute atomic E-state index is 0.0550. The monoisotopic (exact) mass is 147 g/mol. The van der Waals surface area contributed by atoms with E-state index in [0.717, 1.165) is 6.08 Å². The van der Waals surface area contributed by atoms with Crippen LogP contribution < -0.4 is 0 Å². The lowest BCUT2D eigenvalue weighted by Crippen LogP contribution is -1.81. The molecule has 0 aliphatic rings. The molecular weight excluding hydrogens is 140 g/mol. The number of aliphatic hydroxyl groups is 1. The largest absolute Gasteiger partial charge is 0.507 e. The number of benzene rings is 1. The molecule has 0 aliphatic carbocycles. The lowest BCUT2D eigenvalue weighted by molar-refractivity contribution is 0.510. The van der Waals surface area contributed by atoms with Gasteiger partial charge in [0.1, 0.15) is 5.76 Å². The van der Waals surface area contributed by atoms with Crippen LogP contribution in [-0.4, -0.2) is 11.4 Å². The molecule has 2 nitrogen and oxygen atoms in total. The molecule has 2 heteroatoms. The second kappa shape index (κ2) is 3.56. The summed E-state index contributed by atoms with van der Waals surface area (Å²) in [5, 5.41) is 9.12. The highest BCUT2D eigenvalue weighted by atomic mass is 16.3. The third-order valence-electron chi connectivity index (χ3n) is 1.27. The van der Waals surface area contributed by atoms with Gasteiger partial charge in [-0.1, -0.05) is 30.3 Å². The van der Waals surface area contributed by atoms with E-state index >= 15 is 0 Å². The first-order chi connectivity index (χ1) is 5.34. The van der Waals surface area contributed by atoms with Crippen LogP contribution >= 0.6 is 0 Å². The SMILES string of the molecule is O=[C]C=C(O)c1ccccc1. The molecule has 1 aromatic carbocycles. The van der Waals surface area contributed by atoms with Crippen molar-refractivity contribution in [2.45, 2.75) is 0 Å². The van der Waals surface area contributed by atoms with Gasteiger partial charge in [-0.3, -0.25) is 4.79 Å². The van der Waals surface area contributed by atoms with Crippen LogP contribution in [0, 0.1) is 0 Å². The van der Waals surface area contributed by atoms with Crippen molar-refractivity contribution in [2.75, 3.05) is 0 Å². The van der Waals surface area contributed by atoms with E-state index in [2.05, 4.69) is 0 Å². The van der Waals surface area contributed by atoms with Gasteiger partial charge in [-0.15, -0.1) is 0 Å². The van der Waals surface area contributed by atoms with Crippen molar-refractivity contribution >= 4 is 12.0 Å². The summed E-state index contributed by atoms with van der Waals surface area (Å²) < 4.78 is 0. The predicted octanol–water partition coefficient (Wildman–Crippen LogP) is 1.70. The van der Waals surface area contributed by atoms with Gasteiger partial charge in [0, 0.05) is 11.6 Å². The van der Waals surface area contributed by atoms with E-state index in [-0.39, 0.29) is 5.76 Å². The lowest BCUT2D eigenvalue weighted by atomic mass is 10.2. The molecule has 1 aromatic rings. The third-order valence-corrected chi connectivity index (χ3v) is 1.27. The van der Waals surface area contributed by atoms with Gasteiger partial charge in [-0.25, -0.2) is 0 Å². The first-order valence-corrected chi connectivity index (χ1v) is 3.17. The van der Waals surface area contributed by atoms with Crippen molar-refractivity contribution < 1.29 is 9.90 Å². The van der Waals surface area contributed by atoms with Crippen molar-refractivity contribution in [1.82, 2.24) is 0 Å². The number of hydrogen-bond donors (Lipinski definition) is 1. The summed E-state index contributed by atoms with van der Waals surface area (Å²) in [6.07, 6.45) is 2.50. The second-order valence-electron chi connectivity index (χ2n) is 2.01. The average Bonchev–Trinajstić information content (AvgIpc) is 2.07. The zero-order chi connectivity index (χ0) is 8.10. The van der Waals surface area contributed by atoms with E-state index in [9.17, 15) is 4.79 Å². The number of hydrogen-bond acceptors (Lipinski definition) is 2. The molecule has 11 heavy (non-hydrogen) atoms. The van der Waals surface area contributed by atoms with Crippen LogP contribution in [0.1, 0.15) is 5.56 Å². The molecule has 0 heterocycles. The molecular formula is C9H7O2. The second-order valence-corrected chi connectivity index (χ2v) is 2.01. The summed E-state index contributed by atoms with van der Waals surface area (Å²) in [7, 11) is 0. The quantitative estimate of drug-likeness (QED) is 0.510. The Labute approximate surface area is 64.8 Å². The predicted molar refractivity (Wildman–Crippen MR) is 42.7 cm³/mol. The maximum Gasteiger partial charge on any atom is 0.229 e. The van der Waals surface area contributed by atoms with E-state index in [1.165, 1.54) is 6.29 Å². The number of allylic oxidation sites excluding steroid dienone is 1. The van der Waals surface area contributed by atoms with Crippen molar-refractivity contribution in [3.63, 3.8) is 0 Å². The van der Waals surface area contributed by atoms with Crippen LogP contribution in [0.2, 0.25) is 0 Å². The maximum absolute atomic E-state index is 9.83. The fourth-order valence-electron chi connectivity index (χ4n) is 0.748. The van der Waals surface area contributed by atoms with Crippen molar-refractivity contribution in [3.05, 3.63) is 42.0 Å². The minimum atomic E-state index is -0.0550. The molecule has 0 saturated heterocycles. The topological polar surface area (TPSA) is 37.3 Å². The smallest absolute Gasteiger partial charge is 0.229 e. The van der Waals surface area contributed by atoms with Gasteiger partial charge in [0.2, 0.25) is 6.29 Å². The summed E-state index contributed by atoms with van der Waals surface area (Å²) in [6, 6.07) is 8.82. The lowest BCUT2D eigenvalue weighted by Gasteiger charge is -1.95. The summed E-state index contributed by atoms with van der Waals surface area (Å²) in [5.74, 6) is -0.0550.